The molecule has 1 aliphatic rings. The molecular formula is C14H19N3O. The van der Waals surface area contributed by atoms with Gasteiger partial charge >= 0.3 is 0 Å². The van der Waals surface area contributed by atoms with Gasteiger partial charge < -0.3 is 15.1 Å². The highest BCUT2D eigenvalue weighted by Crippen LogP contribution is 2.32. The third-order valence-electron chi connectivity index (χ3n) is 3.34. The minimum absolute atomic E-state index is 0.717. The van der Waals surface area contributed by atoms with Crippen molar-refractivity contribution in [2.45, 2.75) is 26.2 Å². The largest absolute Gasteiger partial charge is 0.423 e. The quantitative estimate of drug-likeness (QED) is 0.823. The van der Waals surface area contributed by atoms with E-state index in [1.807, 2.05) is 18.2 Å². The summed E-state index contributed by atoms with van der Waals surface area (Å²) in [6, 6.07) is 6.36. The molecule has 1 aliphatic carbocycles. The molecular weight excluding hydrogens is 226 g/mol. The van der Waals surface area contributed by atoms with E-state index in [1.54, 1.807) is 0 Å². The summed E-state index contributed by atoms with van der Waals surface area (Å²) in [5.41, 5.74) is 8.14. The van der Waals surface area contributed by atoms with E-state index >= 15 is 0 Å². The van der Waals surface area contributed by atoms with E-state index in [0.29, 0.717) is 0 Å². The second-order valence-electron chi connectivity index (χ2n) is 5.11. The number of hydrogen-bond donors (Lipinski definition) is 1. The van der Waals surface area contributed by atoms with Gasteiger partial charge in [0.05, 0.1) is 0 Å². The zero-order valence-electron chi connectivity index (χ0n) is 10.7. The van der Waals surface area contributed by atoms with Crippen LogP contribution in [0.25, 0.3) is 11.1 Å². The fourth-order valence-corrected chi connectivity index (χ4v) is 2.21. The first-order valence-electron chi connectivity index (χ1n) is 6.67. The highest BCUT2D eigenvalue weighted by Gasteiger charge is 2.26. The van der Waals surface area contributed by atoms with Gasteiger partial charge in [-0.3, -0.25) is 0 Å². The van der Waals surface area contributed by atoms with Crippen molar-refractivity contribution < 1.29 is 4.42 Å². The Hall–Kier alpha value is -1.71. The van der Waals surface area contributed by atoms with Crippen molar-refractivity contribution in [3.63, 3.8) is 0 Å². The van der Waals surface area contributed by atoms with Crippen LogP contribution >= 0.6 is 0 Å². The molecule has 0 amide bonds. The molecule has 1 saturated carbocycles. The van der Waals surface area contributed by atoms with E-state index in [1.165, 1.54) is 12.8 Å². The van der Waals surface area contributed by atoms with Crippen molar-refractivity contribution in [2.24, 2.45) is 5.92 Å². The molecule has 0 saturated heterocycles. The second kappa shape index (κ2) is 4.52. The molecule has 0 bridgehead atoms. The summed E-state index contributed by atoms with van der Waals surface area (Å²) < 4.78 is 5.83. The van der Waals surface area contributed by atoms with Gasteiger partial charge in [0.1, 0.15) is 5.52 Å². The van der Waals surface area contributed by atoms with Gasteiger partial charge in [0.15, 0.2) is 5.58 Å². The number of rotatable bonds is 5. The van der Waals surface area contributed by atoms with E-state index in [0.717, 1.165) is 48.2 Å². The van der Waals surface area contributed by atoms with Crippen LogP contribution in [0, 0.1) is 5.92 Å². The summed E-state index contributed by atoms with van der Waals surface area (Å²) in [6.45, 7) is 4.25. The monoisotopic (exact) mass is 245 g/mol. The van der Waals surface area contributed by atoms with Crippen LogP contribution in [-0.2, 0) is 0 Å². The van der Waals surface area contributed by atoms with Crippen LogP contribution in [0.4, 0.5) is 11.7 Å². The van der Waals surface area contributed by atoms with Gasteiger partial charge in [-0.15, -0.1) is 0 Å². The van der Waals surface area contributed by atoms with E-state index in [2.05, 4.69) is 16.8 Å². The summed E-state index contributed by atoms with van der Waals surface area (Å²) in [4.78, 5) is 6.82. The van der Waals surface area contributed by atoms with Crippen LogP contribution in [0.3, 0.4) is 0 Å². The number of nitrogens with two attached hydrogens (primary N) is 1. The predicted molar refractivity (Wildman–Crippen MR) is 73.6 cm³/mol. The molecule has 1 aromatic carbocycles. The van der Waals surface area contributed by atoms with Crippen LogP contribution in [-0.4, -0.2) is 18.1 Å². The van der Waals surface area contributed by atoms with Gasteiger partial charge in [0.25, 0.3) is 6.01 Å². The van der Waals surface area contributed by atoms with Gasteiger partial charge in [-0.2, -0.15) is 4.98 Å². The van der Waals surface area contributed by atoms with Crippen molar-refractivity contribution in [3.05, 3.63) is 18.2 Å². The second-order valence-corrected chi connectivity index (χ2v) is 5.11. The molecule has 0 aliphatic heterocycles. The summed E-state index contributed by atoms with van der Waals surface area (Å²) in [7, 11) is 0. The van der Waals surface area contributed by atoms with E-state index in [9.17, 15) is 0 Å². The molecule has 0 radical (unpaired) electrons. The first-order chi connectivity index (χ1) is 8.76. The average molecular weight is 245 g/mol. The van der Waals surface area contributed by atoms with Crippen LogP contribution in [0.15, 0.2) is 22.6 Å². The smallest absolute Gasteiger partial charge is 0.298 e. The maximum atomic E-state index is 5.83. The molecule has 1 heterocycles. The predicted octanol–water partition coefficient (Wildman–Crippen LogP) is 3.04. The van der Waals surface area contributed by atoms with Gasteiger partial charge in [0.2, 0.25) is 0 Å². The highest BCUT2D eigenvalue weighted by atomic mass is 16.4. The van der Waals surface area contributed by atoms with Gasteiger partial charge in [-0.25, -0.2) is 0 Å². The third kappa shape index (κ3) is 2.28. The van der Waals surface area contributed by atoms with Crippen molar-refractivity contribution >= 4 is 22.8 Å². The lowest BCUT2D eigenvalue weighted by Crippen LogP contribution is -2.26. The van der Waals surface area contributed by atoms with E-state index in [-0.39, 0.29) is 0 Å². The molecule has 0 atom stereocenters. The summed E-state index contributed by atoms with van der Waals surface area (Å²) in [6.07, 6.45) is 3.79. The fourth-order valence-electron chi connectivity index (χ4n) is 2.21. The summed E-state index contributed by atoms with van der Waals surface area (Å²) in [5.74, 6) is 0.830. The Kier molecular flexibility index (Phi) is 2.86. The Labute approximate surface area is 107 Å². The van der Waals surface area contributed by atoms with E-state index in [4.69, 9.17) is 10.2 Å². The van der Waals surface area contributed by atoms with Crippen molar-refractivity contribution in [3.8, 4) is 0 Å². The molecule has 0 unspecified atom stereocenters. The number of hydrogen-bond acceptors (Lipinski definition) is 4. The number of fused-ring (bicyclic) bond motifs is 1. The lowest BCUT2D eigenvalue weighted by atomic mass is 10.3. The van der Waals surface area contributed by atoms with Crippen LogP contribution in [0.5, 0.6) is 0 Å². The summed E-state index contributed by atoms with van der Waals surface area (Å²) in [5, 5.41) is 0. The van der Waals surface area contributed by atoms with Crippen molar-refractivity contribution in [1.82, 2.24) is 4.98 Å². The number of anilines is 2. The van der Waals surface area contributed by atoms with E-state index < -0.39 is 0 Å². The SMILES string of the molecule is CCCN(CC1CC1)c1nc2ccc(N)cc2o1. The maximum Gasteiger partial charge on any atom is 0.298 e. The number of aromatic nitrogens is 1. The molecule has 1 fully saturated rings. The average Bonchev–Trinajstić information content (AvgIpc) is 3.06. The van der Waals surface area contributed by atoms with Gasteiger partial charge in [-0.05, 0) is 37.3 Å². The zero-order valence-corrected chi connectivity index (χ0v) is 10.7. The van der Waals surface area contributed by atoms with Gasteiger partial charge in [-0.1, -0.05) is 6.92 Å². The highest BCUT2D eigenvalue weighted by molar-refractivity contribution is 5.78. The standard InChI is InChI=1S/C14H19N3O/c1-2-7-17(9-10-3-4-10)14-16-12-6-5-11(15)8-13(12)18-14/h5-6,8,10H,2-4,7,9,15H2,1H3. The lowest BCUT2D eigenvalue weighted by molar-refractivity contribution is 0.553. The van der Waals surface area contributed by atoms with Crippen molar-refractivity contribution in [2.75, 3.05) is 23.7 Å². The topological polar surface area (TPSA) is 55.3 Å². The Morgan fingerprint density at radius 3 is 3.00 bits per heavy atom. The molecule has 0 spiro atoms. The molecule has 3 rings (SSSR count). The Morgan fingerprint density at radius 2 is 2.28 bits per heavy atom. The minimum atomic E-state index is 0.717. The first kappa shape index (κ1) is 11.4. The van der Waals surface area contributed by atoms with Crippen LogP contribution in [0.2, 0.25) is 0 Å². The molecule has 4 heteroatoms. The Balaban J connectivity index is 1.89. The third-order valence-corrected chi connectivity index (χ3v) is 3.34. The van der Waals surface area contributed by atoms with Gasteiger partial charge in [0, 0.05) is 24.8 Å². The Morgan fingerprint density at radius 1 is 1.44 bits per heavy atom. The molecule has 4 nitrogen and oxygen atoms in total. The number of nitrogen functional groups attached to an aromatic ring is 1. The summed E-state index contributed by atoms with van der Waals surface area (Å²) >= 11 is 0. The first-order valence-corrected chi connectivity index (χ1v) is 6.67. The number of oxazole rings is 1. The maximum absolute atomic E-state index is 5.83. The molecule has 96 valence electrons. The normalized spacial score (nSPS) is 15.2. The molecule has 18 heavy (non-hydrogen) atoms. The van der Waals surface area contributed by atoms with Crippen LogP contribution < -0.4 is 10.6 Å². The number of benzene rings is 1. The van der Waals surface area contributed by atoms with Crippen LogP contribution in [0.1, 0.15) is 26.2 Å². The Bertz CT molecular complexity index is 545. The lowest BCUT2D eigenvalue weighted by Gasteiger charge is -2.19. The molecule has 2 aromatic rings. The minimum Gasteiger partial charge on any atom is -0.423 e. The molecule has 1 aromatic heterocycles. The van der Waals surface area contributed by atoms with Crippen molar-refractivity contribution in [1.29, 1.82) is 0 Å². The number of nitrogens with zero attached hydrogens (tertiary/aromatic N) is 2. The zero-order chi connectivity index (χ0) is 12.5. The fraction of sp³-hybridized carbons (Fsp3) is 0.500. The molecule has 2 N–H and O–H groups in total.